The molecule has 0 spiro atoms. The number of likely N-dealkylation sites (tertiary alicyclic amines) is 1. The van der Waals surface area contributed by atoms with Crippen LogP contribution in [0.3, 0.4) is 0 Å². The van der Waals surface area contributed by atoms with Gasteiger partial charge in [-0.15, -0.1) is 0 Å². The summed E-state index contributed by atoms with van der Waals surface area (Å²) in [5.74, 6) is 2.69. The highest BCUT2D eigenvalue weighted by Crippen LogP contribution is 2.34. The monoisotopic (exact) mass is 276 g/mol. The molecule has 0 bridgehead atoms. The number of anilines is 1. The fourth-order valence-corrected chi connectivity index (χ4v) is 3.51. The zero-order valence-electron chi connectivity index (χ0n) is 12.7. The van der Waals surface area contributed by atoms with E-state index in [9.17, 15) is 0 Å². The minimum absolute atomic E-state index is 0.779. The van der Waals surface area contributed by atoms with E-state index >= 15 is 0 Å². The van der Waals surface area contributed by atoms with Crippen molar-refractivity contribution in [2.45, 2.75) is 13.8 Å². The second-order valence-corrected chi connectivity index (χ2v) is 6.09. The number of aryl methyl sites for hydroxylation is 1. The predicted molar refractivity (Wildman–Crippen MR) is 79.0 cm³/mol. The molecular formula is C15H24N4O. The number of fused-ring (bicyclic) bond motifs is 1. The van der Waals surface area contributed by atoms with Gasteiger partial charge in [-0.3, -0.25) is 0 Å². The quantitative estimate of drug-likeness (QED) is 0.824. The van der Waals surface area contributed by atoms with Gasteiger partial charge in [0.2, 0.25) is 0 Å². The molecule has 110 valence electrons. The Kier molecular flexibility index (Phi) is 3.89. The molecule has 2 unspecified atom stereocenters. The van der Waals surface area contributed by atoms with Crippen molar-refractivity contribution < 1.29 is 4.74 Å². The molecule has 0 N–H and O–H groups in total. The molecule has 2 aliphatic heterocycles. The number of aromatic nitrogens is 2. The smallest absolute Gasteiger partial charge is 0.135 e. The molecular weight excluding hydrogens is 252 g/mol. The van der Waals surface area contributed by atoms with E-state index in [1.807, 2.05) is 0 Å². The van der Waals surface area contributed by atoms with E-state index in [0.717, 1.165) is 49.6 Å². The normalized spacial score (nSPS) is 26.2. The zero-order chi connectivity index (χ0) is 14.1. The lowest BCUT2D eigenvalue weighted by Crippen LogP contribution is -2.31. The van der Waals surface area contributed by atoms with E-state index in [1.54, 1.807) is 13.4 Å². The minimum atomic E-state index is 0.779. The van der Waals surface area contributed by atoms with Gasteiger partial charge in [0.15, 0.2) is 0 Å². The average Bonchev–Trinajstić information content (AvgIpc) is 2.97. The van der Waals surface area contributed by atoms with Gasteiger partial charge in [-0.05, 0) is 25.7 Å². The molecule has 2 aliphatic rings. The van der Waals surface area contributed by atoms with Crippen molar-refractivity contribution in [2.24, 2.45) is 11.8 Å². The molecule has 2 saturated heterocycles. The van der Waals surface area contributed by atoms with Crippen molar-refractivity contribution in [3.05, 3.63) is 17.6 Å². The lowest BCUT2D eigenvalue weighted by Gasteiger charge is -2.23. The van der Waals surface area contributed by atoms with Gasteiger partial charge in [-0.25, -0.2) is 9.97 Å². The van der Waals surface area contributed by atoms with E-state index in [-0.39, 0.29) is 0 Å². The predicted octanol–water partition coefficient (Wildman–Crippen LogP) is 1.11. The second-order valence-electron chi connectivity index (χ2n) is 6.09. The van der Waals surface area contributed by atoms with Crippen LogP contribution in [0.15, 0.2) is 6.33 Å². The van der Waals surface area contributed by atoms with E-state index in [2.05, 4.69) is 33.6 Å². The maximum atomic E-state index is 5.18. The van der Waals surface area contributed by atoms with Crippen molar-refractivity contribution >= 4 is 5.82 Å². The molecule has 20 heavy (non-hydrogen) atoms. The van der Waals surface area contributed by atoms with Crippen LogP contribution in [0.5, 0.6) is 0 Å². The van der Waals surface area contributed by atoms with Gasteiger partial charge in [-0.2, -0.15) is 0 Å². The number of methoxy groups -OCH3 is 1. The van der Waals surface area contributed by atoms with Gasteiger partial charge >= 0.3 is 0 Å². The zero-order valence-corrected chi connectivity index (χ0v) is 12.7. The van der Waals surface area contributed by atoms with Crippen LogP contribution >= 0.6 is 0 Å². The first kappa shape index (κ1) is 13.8. The minimum Gasteiger partial charge on any atom is -0.383 e. The maximum Gasteiger partial charge on any atom is 0.135 e. The molecule has 0 aliphatic carbocycles. The van der Waals surface area contributed by atoms with Crippen LogP contribution in [0.1, 0.15) is 11.3 Å². The van der Waals surface area contributed by atoms with E-state index < -0.39 is 0 Å². The van der Waals surface area contributed by atoms with E-state index in [0.29, 0.717) is 0 Å². The molecule has 5 heteroatoms. The summed E-state index contributed by atoms with van der Waals surface area (Å²) in [6, 6.07) is 0. The van der Waals surface area contributed by atoms with Crippen LogP contribution in [-0.2, 0) is 4.74 Å². The van der Waals surface area contributed by atoms with Crippen molar-refractivity contribution in [1.82, 2.24) is 14.9 Å². The Hall–Kier alpha value is -1.20. The molecule has 3 heterocycles. The first-order chi connectivity index (χ1) is 9.69. The Morgan fingerprint density at radius 2 is 1.85 bits per heavy atom. The number of hydrogen-bond donors (Lipinski definition) is 0. The molecule has 1 aromatic heterocycles. The van der Waals surface area contributed by atoms with Crippen LogP contribution < -0.4 is 4.90 Å². The summed E-state index contributed by atoms with van der Waals surface area (Å²) in [5.41, 5.74) is 2.32. The first-order valence-electron chi connectivity index (χ1n) is 7.43. The Bertz CT molecular complexity index is 465. The topological polar surface area (TPSA) is 41.5 Å². The highest BCUT2D eigenvalue weighted by atomic mass is 16.5. The Labute approximate surface area is 121 Å². The first-order valence-corrected chi connectivity index (χ1v) is 7.43. The highest BCUT2D eigenvalue weighted by molar-refractivity contribution is 5.48. The van der Waals surface area contributed by atoms with Crippen molar-refractivity contribution in [3.8, 4) is 0 Å². The van der Waals surface area contributed by atoms with Crippen molar-refractivity contribution in [1.29, 1.82) is 0 Å². The van der Waals surface area contributed by atoms with Crippen molar-refractivity contribution in [2.75, 3.05) is 51.3 Å². The fraction of sp³-hybridized carbons (Fsp3) is 0.733. The number of hydrogen-bond acceptors (Lipinski definition) is 5. The molecule has 3 rings (SSSR count). The lowest BCUT2D eigenvalue weighted by molar-refractivity contribution is 0.157. The summed E-state index contributed by atoms with van der Waals surface area (Å²) in [7, 11) is 1.78. The molecule has 0 aromatic carbocycles. The van der Waals surface area contributed by atoms with Crippen LogP contribution in [0, 0.1) is 25.7 Å². The van der Waals surface area contributed by atoms with Gasteiger partial charge in [0.05, 0.1) is 6.61 Å². The summed E-state index contributed by atoms with van der Waals surface area (Å²) in [4.78, 5) is 13.8. The number of rotatable bonds is 4. The van der Waals surface area contributed by atoms with Crippen LogP contribution in [0.25, 0.3) is 0 Å². The van der Waals surface area contributed by atoms with Crippen LogP contribution in [0.4, 0.5) is 5.82 Å². The number of nitrogens with zero attached hydrogens (tertiary/aromatic N) is 4. The summed E-state index contributed by atoms with van der Waals surface area (Å²) < 4.78 is 5.18. The molecule has 1 aromatic rings. The summed E-state index contributed by atoms with van der Waals surface area (Å²) in [5, 5.41) is 0. The van der Waals surface area contributed by atoms with Crippen LogP contribution in [-0.4, -0.2) is 61.3 Å². The lowest BCUT2D eigenvalue weighted by atomic mass is 10.0. The summed E-state index contributed by atoms with van der Waals surface area (Å²) >= 11 is 0. The standard InChI is InChI=1S/C15H24N4O/c1-11-12(2)16-10-17-15(11)19-8-13-6-18(4-5-20-3)7-14(13)9-19/h10,13-14H,4-9H2,1-3H3. The third kappa shape index (κ3) is 2.52. The summed E-state index contributed by atoms with van der Waals surface area (Å²) in [6.07, 6.45) is 1.69. The van der Waals surface area contributed by atoms with Crippen LogP contribution in [0.2, 0.25) is 0 Å². The molecule has 0 amide bonds. The van der Waals surface area contributed by atoms with Gasteiger partial charge in [0.1, 0.15) is 12.1 Å². The maximum absolute atomic E-state index is 5.18. The molecule has 0 radical (unpaired) electrons. The van der Waals surface area contributed by atoms with E-state index in [1.165, 1.54) is 18.7 Å². The van der Waals surface area contributed by atoms with Gasteiger partial charge in [0.25, 0.3) is 0 Å². The molecule has 2 fully saturated rings. The van der Waals surface area contributed by atoms with Crippen molar-refractivity contribution in [3.63, 3.8) is 0 Å². The van der Waals surface area contributed by atoms with E-state index in [4.69, 9.17) is 4.74 Å². The molecule has 2 atom stereocenters. The third-order valence-corrected chi connectivity index (χ3v) is 4.78. The fourth-order valence-electron chi connectivity index (χ4n) is 3.51. The summed E-state index contributed by atoms with van der Waals surface area (Å²) in [6.45, 7) is 10.8. The highest BCUT2D eigenvalue weighted by Gasteiger charge is 2.40. The molecule has 5 nitrogen and oxygen atoms in total. The van der Waals surface area contributed by atoms with Gasteiger partial charge in [-0.1, -0.05) is 0 Å². The second kappa shape index (κ2) is 5.66. The third-order valence-electron chi connectivity index (χ3n) is 4.78. The average molecular weight is 276 g/mol. The Morgan fingerprint density at radius 1 is 1.15 bits per heavy atom. The van der Waals surface area contributed by atoms with Gasteiger partial charge < -0.3 is 14.5 Å². The number of ether oxygens (including phenoxy) is 1. The molecule has 0 saturated carbocycles. The SMILES string of the molecule is COCCN1CC2CN(c3ncnc(C)c3C)CC2C1. The van der Waals surface area contributed by atoms with Gasteiger partial charge in [0, 0.05) is 51.1 Å². The Balaban J connectivity index is 1.64. The Morgan fingerprint density at radius 3 is 2.50 bits per heavy atom. The largest absolute Gasteiger partial charge is 0.383 e.